The first kappa shape index (κ1) is 15.6. The average Bonchev–Trinajstić information content (AvgIpc) is 2.58. The second-order valence-corrected chi connectivity index (χ2v) is 6.55. The summed E-state index contributed by atoms with van der Waals surface area (Å²) in [7, 11) is 1.64. The molecule has 1 aliphatic carbocycles. The van der Waals surface area contributed by atoms with Crippen LogP contribution >= 0.6 is 0 Å². The summed E-state index contributed by atoms with van der Waals surface area (Å²) in [6.45, 7) is 4.21. The van der Waals surface area contributed by atoms with E-state index in [1.54, 1.807) is 13.2 Å². The summed E-state index contributed by atoms with van der Waals surface area (Å²) in [5.41, 5.74) is 1.08. The molecule has 2 fully saturated rings. The van der Waals surface area contributed by atoms with E-state index in [9.17, 15) is 5.11 Å². The number of phenolic OH excluding ortho intramolecular Hbond substituents is 1. The van der Waals surface area contributed by atoms with Crippen LogP contribution in [0, 0.1) is 5.92 Å². The molecule has 4 nitrogen and oxygen atoms in total. The predicted octanol–water partition coefficient (Wildman–Crippen LogP) is 2.93. The third-order valence-electron chi connectivity index (χ3n) is 5.20. The highest BCUT2D eigenvalue weighted by atomic mass is 16.5. The fourth-order valence-electron chi connectivity index (χ4n) is 4.06. The number of methoxy groups -OCH3 is 1. The lowest BCUT2D eigenvalue weighted by Crippen LogP contribution is -2.47. The number of nitrogens with zero attached hydrogens (tertiary/aromatic N) is 1. The Hall–Kier alpha value is -1.26. The summed E-state index contributed by atoms with van der Waals surface area (Å²) in [4.78, 5) is 2.56. The van der Waals surface area contributed by atoms with Gasteiger partial charge in [-0.15, -0.1) is 0 Å². The van der Waals surface area contributed by atoms with Crippen LogP contribution in [-0.4, -0.2) is 43.3 Å². The molecule has 0 spiro atoms. The number of benzene rings is 1. The van der Waals surface area contributed by atoms with Crippen LogP contribution in [0.5, 0.6) is 11.5 Å². The Labute approximate surface area is 133 Å². The van der Waals surface area contributed by atoms with E-state index in [1.165, 1.54) is 32.1 Å². The number of rotatable bonds is 4. The molecule has 1 saturated heterocycles. The standard InChI is InChI=1S/C18H28N2O2/c1-22-15-7-8-16(17(21)13-15)18(14-5-3-2-4-6-14)20-11-9-19-10-12-20/h7-8,13-14,18-19,21H,2-6,9-12H2,1H3/t18-/m0/s1. The topological polar surface area (TPSA) is 44.7 Å². The molecular weight excluding hydrogens is 276 g/mol. The average molecular weight is 304 g/mol. The Bertz CT molecular complexity index is 462. The van der Waals surface area contributed by atoms with Crippen molar-refractivity contribution in [1.29, 1.82) is 0 Å². The van der Waals surface area contributed by atoms with E-state index in [2.05, 4.69) is 16.3 Å². The van der Waals surface area contributed by atoms with Crippen molar-refractivity contribution in [2.24, 2.45) is 5.92 Å². The van der Waals surface area contributed by atoms with Crippen LogP contribution < -0.4 is 10.1 Å². The molecule has 0 bridgehead atoms. The number of piperazine rings is 1. The van der Waals surface area contributed by atoms with Crippen LogP contribution in [0.2, 0.25) is 0 Å². The Morgan fingerprint density at radius 3 is 2.55 bits per heavy atom. The summed E-state index contributed by atoms with van der Waals surface area (Å²) in [5.74, 6) is 1.77. The van der Waals surface area contributed by atoms with Crippen LogP contribution in [-0.2, 0) is 0 Å². The smallest absolute Gasteiger partial charge is 0.124 e. The van der Waals surface area contributed by atoms with Gasteiger partial charge in [-0.05, 0) is 24.8 Å². The van der Waals surface area contributed by atoms with E-state index in [0.29, 0.717) is 17.7 Å². The maximum atomic E-state index is 10.5. The van der Waals surface area contributed by atoms with Gasteiger partial charge in [0.15, 0.2) is 0 Å². The molecular formula is C18H28N2O2. The SMILES string of the molecule is COc1ccc([C@H](C2CCCCC2)N2CCNCC2)c(O)c1. The second kappa shape index (κ2) is 7.34. The minimum atomic E-state index is 0.341. The molecule has 1 atom stereocenters. The molecule has 0 unspecified atom stereocenters. The van der Waals surface area contributed by atoms with Crippen molar-refractivity contribution in [2.45, 2.75) is 38.1 Å². The van der Waals surface area contributed by atoms with Crippen LogP contribution in [0.25, 0.3) is 0 Å². The Morgan fingerprint density at radius 2 is 1.91 bits per heavy atom. The zero-order chi connectivity index (χ0) is 15.4. The van der Waals surface area contributed by atoms with Crippen molar-refractivity contribution in [3.8, 4) is 11.5 Å². The second-order valence-electron chi connectivity index (χ2n) is 6.55. The lowest BCUT2D eigenvalue weighted by molar-refractivity contribution is 0.101. The lowest BCUT2D eigenvalue weighted by Gasteiger charge is -2.41. The molecule has 1 aliphatic heterocycles. The lowest BCUT2D eigenvalue weighted by atomic mass is 9.80. The Morgan fingerprint density at radius 1 is 1.18 bits per heavy atom. The van der Waals surface area contributed by atoms with Gasteiger partial charge in [0.25, 0.3) is 0 Å². The van der Waals surface area contributed by atoms with Gasteiger partial charge in [0.2, 0.25) is 0 Å². The molecule has 2 aliphatic rings. The quantitative estimate of drug-likeness (QED) is 0.898. The molecule has 0 radical (unpaired) electrons. The molecule has 1 aromatic rings. The third kappa shape index (κ3) is 3.39. The van der Waals surface area contributed by atoms with Gasteiger partial charge in [0.1, 0.15) is 11.5 Å². The third-order valence-corrected chi connectivity index (χ3v) is 5.20. The normalized spacial score (nSPS) is 22.4. The van der Waals surface area contributed by atoms with E-state index in [0.717, 1.165) is 37.5 Å². The Kier molecular flexibility index (Phi) is 5.21. The molecule has 22 heavy (non-hydrogen) atoms. The Balaban J connectivity index is 1.89. The number of aromatic hydroxyl groups is 1. The highest BCUT2D eigenvalue weighted by molar-refractivity contribution is 5.42. The highest BCUT2D eigenvalue weighted by Gasteiger charge is 2.32. The fraction of sp³-hybridized carbons (Fsp3) is 0.667. The van der Waals surface area contributed by atoms with Gasteiger partial charge < -0.3 is 15.2 Å². The zero-order valence-corrected chi connectivity index (χ0v) is 13.6. The molecule has 2 N–H and O–H groups in total. The van der Waals surface area contributed by atoms with E-state index in [4.69, 9.17) is 4.74 Å². The molecule has 1 heterocycles. The van der Waals surface area contributed by atoms with Crippen LogP contribution in [0.1, 0.15) is 43.7 Å². The van der Waals surface area contributed by atoms with Crippen molar-refractivity contribution in [3.63, 3.8) is 0 Å². The van der Waals surface area contributed by atoms with E-state index >= 15 is 0 Å². The fourth-order valence-corrected chi connectivity index (χ4v) is 4.06. The van der Waals surface area contributed by atoms with Gasteiger partial charge in [0.05, 0.1) is 7.11 Å². The van der Waals surface area contributed by atoms with Crippen molar-refractivity contribution in [2.75, 3.05) is 33.3 Å². The number of hydrogen-bond acceptors (Lipinski definition) is 4. The highest BCUT2D eigenvalue weighted by Crippen LogP contribution is 2.42. The van der Waals surface area contributed by atoms with Gasteiger partial charge in [-0.25, -0.2) is 0 Å². The zero-order valence-electron chi connectivity index (χ0n) is 13.6. The van der Waals surface area contributed by atoms with E-state index in [-0.39, 0.29) is 0 Å². The monoisotopic (exact) mass is 304 g/mol. The number of hydrogen-bond donors (Lipinski definition) is 2. The predicted molar refractivity (Wildman–Crippen MR) is 88.4 cm³/mol. The van der Waals surface area contributed by atoms with Gasteiger partial charge in [-0.1, -0.05) is 25.3 Å². The van der Waals surface area contributed by atoms with Crippen LogP contribution in [0.3, 0.4) is 0 Å². The summed E-state index contributed by atoms with van der Waals surface area (Å²) < 4.78 is 5.24. The number of ether oxygens (including phenoxy) is 1. The van der Waals surface area contributed by atoms with E-state index in [1.807, 2.05) is 6.07 Å². The van der Waals surface area contributed by atoms with Gasteiger partial charge in [-0.3, -0.25) is 4.90 Å². The molecule has 4 heteroatoms. The summed E-state index contributed by atoms with van der Waals surface area (Å²) in [6.07, 6.45) is 6.56. The summed E-state index contributed by atoms with van der Waals surface area (Å²) >= 11 is 0. The van der Waals surface area contributed by atoms with Crippen LogP contribution in [0.15, 0.2) is 18.2 Å². The van der Waals surface area contributed by atoms with Gasteiger partial charge in [-0.2, -0.15) is 0 Å². The van der Waals surface area contributed by atoms with Crippen molar-refractivity contribution >= 4 is 0 Å². The molecule has 0 aromatic heterocycles. The molecule has 1 aromatic carbocycles. The van der Waals surface area contributed by atoms with Crippen LogP contribution in [0.4, 0.5) is 0 Å². The van der Waals surface area contributed by atoms with Gasteiger partial charge >= 0.3 is 0 Å². The minimum absolute atomic E-state index is 0.341. The number of phenols is 1. The number of nitrogens with one attached hydrogen (secondary N) is 1. The van der Waals surface area contributed by atoms with Crippen molar-refractivity contribution in [1.82, 2.24) is 10.2 Å². The van der Waals surface area contributed by atoms with E-state index < -0.39 is 0 Å². The molecule has 0 amide bonds. The van der Waals surface area contributed by atoms with Crippen molar-refractivity contribution in [3.05, 3.63) is 23.8 Å². The first-order chi connectivity index (χ1) is 10.8. The maximum absolute atomic E-state index is 10.5. The van der Waals surface area contributed by atoms with Gasteiger partial charge in [0, 0.05) is 43.9 Å². The van der Waals surface area contributed by atoms with Crippen molar-refractivity contribution < 1.29 is 9.84 Å². The summed E-state index contributed by atoms with van der Waals surface area (Å²) in [5, 5.41) is 14.0. The molecule has 122 valence electrons. The molecule has 1 saturated carbocycles. The largest absolute Gasteiger partial charge is 0.507 e. The maximum Gasteiger partial charge on any atom is 0.124 e. The minimum Gasteiger partial charge on any atom is -0.507 e. The summed E-state index contributed by atoms with van der Waals surface area (Å²) in [6, 6.07) is 6.14. The molecule has 3 rings (SSSR count). The first-order valence-corrected chi connectivity index (χ1v) is 8.61. The first-order valence-electron chi connectivity index (χ1n) is 8.61.